The van der Waals surface area contributed by atoms with E-state index in [0.717, 1.165) is 11.4 Å². The smallest absolute Gasteiger partial charge is 0.0520 e. The quantitative estimate of drug-likeness (QED) is 0.514. The average molecular weight is 485 g/mol. The lowest BCUT2D eigenvalue weighted by Crippen LogP contribution is -1.98. The van der Waals surface area contributed by atoms with Gasteiger partial charge in [-0.2, -0.15) is 0 Å². The molecule has 0 aromatic carbocycles. The summed E-state index contributed by atoms with van der Waals surface area (Å²) in [6.45, 7) is 4.10. The molecule has 1 rings (SSSR count). The highest BCUT2D eigenvalue weighted by molar-refractivity contribution is 14.1. The van der Waals surface area contributed by atoms with Crippen LogP contribution in [0.15, 0.2) is 0 Å². The fourth-order valence-corrected chi connectivity index (χ4v) is 2.84. The molecular weight excluding hydrogens is 479 g/mol. The molecule has 0 unspecified atom stereocenters. The van der Waals surface area contributed by atoms with Crippen molar-refractivity contribution in [1.29, 1.82) is 0 Å². The highest BCUT2D eigenvalue weighted by atomic mass is 127. The summed E-state index contributed by atoms with van der Waals surface area (Å²) < 4.78 is 3.88. The lowest BCUT2D eigenvalue weighted by Gasteiger charge is -2.05. The molecule has 0 atom stereocenters. The van der Waals surface area contributed by atoms with Gasteiger partial charge in [-0.1, -0.05) is 0 Å². The first-order valence-corrected chi connectivity index (χ1v) is 6.25. The lowest BCUT2D eigenvalue weighted by molar-refractivity contribution is 1.08. The Labute approximate surface area is 107 Å². The second-order valence-corrected chi connectivity index (χ2v) is 5.46. The first-order valence-electron chi connectivity index (χ1n) is 3.01. The fourth-order valence-electron chi connectivity index (χ4n) is 0.764. The Balaban J connectivity index is 3.46. The van der Waals surface area contributed by atoms with Crippen molar-refractivity contribution in [3.63, 3.8) is 0 Å². The maximum absolute atomic E-state index is 4.41. The van der Waals surface area contributed by atoms with Crippen LogP contribution < -0.4 is 0 Å². The molecule has 0 saturated heterocycles. The Morgan fingerprint density at radius 3 is 1.55 bits per heavy atom. The first kappa shape index (κ1) is 10.4. The minimum atomic E-state index is 1.13. The van der Waals surface area contributed by atoms with E-state index in [0.29, 0.717) is 0 Å². The molecule has 0 bridgehead atoms. The van der Waals surface area contributed by atoms with Crippen LogP contribution in [0, 0.1) is 24.6 Å². The second-order valence-electron chi connectivity index (χ2n) is 2.22. The fraction of sp³-hybridized carbons (Fsp3) is 0.286. The van der Waals surface area contributed by atoms with Crippen molar-refractivity contribution < 1.29 is 0 Å². The average Bonchev–Trinajstić information content (AvgIpc) is 1.97. The third-order valence-electron chi connectivity index (χ3n) is 1.36. The van der Waals surface area contributed by atoms with E-state index in [1.807, 2.05) is 13.8 Å². The molecular formula is C7H6I3N. The van der Waals surface area contributed by atoms with E-state index >= 15 is 0 Å². The molecule has 1 heterocycles. The molecule has 0 aliphatic carbocycles. The zero-order valence-corrected chi connectivity index (χ0v) is 12.6. The van der Waals surface area contributed by atoms with Gasteiger partial charge in [-0.05, 0) is 81.6 Å². The van der Waals surface area contributed by atoms with Gasteiger partial charge < -0.3 is 0 Å². The maximum Gasteiger partial charge on any atom is 0.0520 e. The largest absolute Gasteiger partial charge is 0.256 e. The van der Waals surface area contributed by atoms with Crippen LogP contribution in [0.2, 0.25) is 0 Å². The van der Waals surface area contributed by atoms with Gasteiger partial charge in [-0.15, -0.1) is 0 Å². The van der Waals surface area contributed by atoms with E-state index < -0.39 is 0 Å². The number of pyridine rings is 1. The van der Waals surface area contributed by atoms with E-state index in [4.69, 9.17) is 0 Å². The molecule has 1 aromatic heterocycles. The minimum absolute atomic E-state index is 1.13. The highest BCUT2D eigenvalue weighted by Gasteiger charge is 2.08. The van der Waals surface area contributed by atoms with Crippen LogP contribution in [0.3, 0.4) is 0 Å². The van der Waals surface area contributed by atoms with E-state index in [9.17, 15) is 0 Å². The molecule has 0 fully saturated rings. The van der Waals surface area contributed by atoms with Crippen LogP contribution in [0.1, 0.15) is 11.4 Å². The summed E-state index contributed by atoms with van der Waals surface area (Å²) in [7, 11) is 0. The van der Waals surface area contributed by atoms with Crippen LogP contribution in [0.4, 0.5) is 0 Å². The molecule has 0 saturated carbocycles. The van der Waals surface area contributed by atoms with Gasteiger partial charge in [0.1, 0.15) is 0 Å². The number of halogens is 3. The zero-order valence-electron chi connectivity index (χ0n) is 6.08. The minimum Gasteiger partial charge on any atom is -0.256 e. The summed E-state index contributed by atoms with van der Waals surface area (Å²) >= 11 is 7.04. The highest BCUT2D eigenvalue weighted by Crippen LogP contribution is 2.24. The number of hydrogen-bond donors (Lipinski definition) is 0. The Morgan fingerprint density at radius 2 is 1.18 bits per heavy atom. The molecule has 1 aromatic rings. The van der Waals surface area contributed by atoms with Gasteiger partial charge in [0.15, 0.2) is 0 Å². The molecule has 0 radical (unpaired) electrons. The third kappa shape index (κ3) is 2.17. The zero-order chi connectivity index (χ0) is 8.59. The molecule has 0 spiro atoms. The van der Waals surface area contributed by atoms with Crippen molar-refractivity contribution in [3.8, 4) is 0 Å². The van der Waals surface area contributed by atoms with Gasteiger partial charge in [0.05, 0.1) is 11.4 Å². The normalized spacial score (nSPS) is 10.3. The lowest BCUT2D eigenvalue weighted by atomic mass is 10.3. The standard InChI is InChI=1S/C7H6I3N/c1-3-5(8)7(10)6(9)4(2)11-3/h1-2H3. The Morgan fingerprint density at radius 1 is 0.818 bits per heavy atom. The summed E-state index contributed by atoms with van der Waals surface area (Å²) in [4.78, 5) is 4.41. The molecule has 0 aliphatic rings. The Kier molecular flexibility index (Phi) is 3.82. The van der Waals surface area contributed by atoms with Gasteiger partial charge in [0.25, 0.3) is 0 Å². The van der Waals surface area contributed by atoms with Crippen molar-refractivity contribution >= 4 is 67.8 Å². The number of nitrogens with zero attached hydrogens (tertiary/aromatic N) is 1. The summed E-state index contributed by atoms with van der Waals surface area (Å²) in [6.07, 6.45) is 0. The van der Waals surface area contributed by atoms with Gasteiger partial charge in [0, 0.05) is 10.7 Å². The molecule has 4 heteroatoms. The van der Waals surface area contributed by atoms with Crippen molar-refractivity contribution in [3.05, 3.63) is 22.1 Å². The van der Waals surface area contributed by atoms with E-state index in [1.54, 1.807) is 0 Å². The van der Waals surface area contributed by atoms with Crippen LogP contribution in [0.5, 0.6) is 0 Å². The number of aryl methyl sites for hydroxylation is 2. The van der Waals surface area contributed by atoms with Crippen LogP contribution in [-0.4, -0.2) is 4.98 Å². The number of aromatic nitrogens is 1. The first-order chi connectivity index (χ1) is 5.04. The van der Waals surface area contributed by atoms with Crippen molar-refractivity contribution in [2.24, 2.45) is 0 Å². The summed E-state index contributed by atoms with van der Waals surface area (Å²) in [5.74, 6) is 0. The maximum atomic E-state index is 4.41. The molecule has 0 N–H and O–H groups in total. The summed E-state index contributed by atoms with van der Waals surface area (Å²) in [5, 5.41) is 0. The van der Waals surface area contributed by atoms with E-state index in [1.165, 1.54) is 10.7 Å². The predicted molar refractivity (Wildman–Crippen MR) is 71.9 cm³/mol. The van der Waals surface area contributed by atoms with Gasteiger partial charge in [-0.3, -0.25) is 4.98 Å². The van der Waals surface area contributed by atoms with E-state index in [-0.39, 0.29) is 0 Å². The topological polar surface area (TPSA) is 12.9 Å². The van der Waals surface area contributed by atoms with Crippen molar-refractivity contribution in [1.82, 2.24) is 4.98 Å². The number of hydrogen-bond acceptors (Lipinski definition) is 1. The van der Waals surface area contributed by atoms with Crippen LogP contribution in [0.25, 0.3) is 0 Å². The van der Waals surface area contributed by atoms with Crippen molar-refractivity contribution in [2.45, 2.75) is 13.8 Å². The van der Waals surface area contributed by atoms with Crippen molar-refractivity contribution in [2.75, 3.05) is 0 Å². The van der Waals surface area contributed by atoms with Gasteiger partial charge in [0.2, 0.25) is 0 Å². The Hall–Kier alpha value is 1.34. The molecule has 1 nitrogen and oxygen atoms in total. The second kappa shape index (κ2) is 4.03. The van der Waals surface area contributed by atoms with Gasteiger partial charge >= 0.3 is 0 Å². The predicted octanol–water partition coefficient (Wildman–Crippen LogP) is 3.51. The molecule has 11 heavy (non-hydrogen) atoms. The van der Waals surface area contributed by atoms with Crippen LogP contribution in [-0.2, 0) is 0 Å². The molecule has 0 aliphatic heterocycles. The summed E-state index contributed by atoms with van der Waals surface area (Å²) in [6, 6.07) is 0. The van der Waals surface area contributed by atoms with E-state index in [2.05, 4.69) is 72.8 Å². The number of rotatable bonds is 0. The monoisotopic (exact) mass is 485 g/mol. The SMILES string of the molecule is Cc1nc(C)c(I)c(I)c1I. The van der Waals surface area contributed by atoms with Crippen LogP contribution >= 0.6 is 67.8 Å². The molecule has 60 valence electrons. The van der Waals surface area contributed by atoms with Gasteiger partial charge in [-0.25, -0.2) is 0 Å². The molecule has 0 amide bonds. The third-order valence-corrected chi connectivity index (χ3v) is 7.14. The Bertz CT molecular complexity index is 270. The summed E-state index contributed by atoms with van der Waals surface area (Å²) in [5.41, 5.74) is 2.26.